The SMILES string of the molecule is C=C(N)CCCCCC(=O)CCN1CCC(CCCC2CCN(CCC(=O)NCCCNC(=C)C)CC2)CC1. The Morgan fingerprint density at radius 1 is 0.718 bits per heavy atom. The third-order valence-electron chi connectivity index (χ3n) is 8.56. The van der Waals surface area contributed by atoms with Crippen LogP contribution in [-0.4, -0.2) is 73.8 Å². The molecule has 0 aromatic rings. The van der Waals surface area contributed by atoms with Crippen LogP contribution < -0.4 is 16.4 Å². The Bertz CT molecular complexity index is 664. The number of Topliss-reactive ketones (excluding diaryl/α,β-unsaturated/α-hetero) is 1. The second-order valence-corrected chi connectivity index (χ2v) is 12.2. The molecule has 0 aromatic carbocycles. The largest absolute Gasteiger partial charge is 0.403 e. The smallest absolute Gasteiger partial charge is 0.221 e. The van der Waals surface area contributed by atoms with Crippen molar-refractivity contribution in [2.45, 2.75) is 103 Å². The number of nitrogens with one attached hydrogen (secondary N) is 2. The first kappa shape index (κ1) is 33.3. The van der Waals surface area contributed by atoms with E-state index in [4.69, 9.17) is 5.73 Å². The second kappa shape index (κ2) is 20.1. The third-order valence-corrected chi connectivity index (χ3v) is 8.56. The van der Waals surface area contributed by atoms with Crippen LogP contribution >= 0.6 is 0 Å². The standard InChI is InChI=1S/C32H59N5O2/c1-27(2)34-19-8-20-35-32(39)18-26-37-23-15-30(16-24-37)11-7-10-29-13-21-36(22-14-29)25-17-31(38)12-6-4-5-9-28(3)33/h29-30,34H,1,3-26,33H2,2H3,(H,35,39). The topological polar surface area (TPSA) is 90.7 Å². The first-order valence-corrected chi connectivity index (χ1v) is 15.9. The Balaban J connectivity index is 1.42. The summed E-state index contributed by atoms with van der Waals surface area (Å²) < 4.78 is 0. The average Bonchev–Trinajstić information content (AvgIpc) is 2.91. The lowest BCUT2D eigenvalue weighted by atomic mass is 9.87. The summed E-state index contributed by atoms with van der Waals surface area (Å²) in [5, 5.41) is 6.22. The number of unbranched alkanes of at least 4 members (excludes halogenated alkanes) is 2. The van der Waals surface area contributed by atoms with Crippen LogP contribution in [0.4, 0.5) is 0 Å². The van der Waals surface area contributed by atoms with Crippen LogP contribution in [0, 0.1) is 11.8 Å². The van der Waals surface area contributed by atoms with E-state index in [1.54, 1.807) is 0 Å². The highest BCUT2D eigenvalue weighted by Gasteiger charge is 2.22. The number of likely N-dealkylation sites (tertiary alicyclic amines) is 2. The molecule has 0 aromatic heterocycles. The highest BCUT2D eigenvalue weighted by Crippen LogP contribution is 2.27. The van der Waals surface area contributed by atoms with Gasteiger partial charge in [0.15, 0.2) is 0 Å². The van der Waals surface area contributed by atoms with Crippen LogP contribution in [-0.2, 0) is 9.59 Å². The van der Waals surface area contributed by atoms with Crippen molar-refractivity contribution >= 4 is 11.7 Å². The van der Waals surface area contributed by atoms with Crippen molar-refractivity contribution in [2.75, 3.05) is 52.4 Å². The molecule has 1 amide bonds. The van der Waals surface area contributed by atoms with E-state index in [1.807, 2.05) is 6.92 Å². The number of hydrogen-bond donors (Lipinski definition) is 3. The summed E-state index contributed by atoms with van der Waals surface area (Å²) in [6.45, 7) is 17.5. The monoisotopic (exact) mass is 545 g/mol. The van der Waals surface area contributed by atoms with Crippen molar-refractivity contribution in [2.24, 2.45) is 17.6 Å². The molecule has 0 radical (unpaired) electrons. The van der Waals surface area contributed by atoms with Gasteiger partial charge in [-0.05, 0) is 96.3 Å². The molecule has 2 aliphatic heterocycles. The first-order chi connectivity index (χ1) is 18.8. The van der Waals surface area contributed by atoms with E-state index in [1.165, 1.54) is 44.9 Å². The summed E-state index contributed by atoms with van der Waals surface area (Å²) in [4.78, 5) is 29.3. The normalized spacial score (nSPS) is 17.7. The number of rotatable bonds is 21. The van der Waals surface area contributed by atoms with Gasteiger partial charge in [-0.1, -0.05) is 38.8 Å². The van der Waals surface area contributed by atoms with Gasteiger partial charge >= 0.3 is 0 Å². The first-order valence-electron chi connectivity index (χ1n) is 15.9. The molecule has 0 spiro atoms. The van der Waals surface area contributed by atoms with E-state index in [0.29, 0.717) is 18.6 Å². The Kier molecular flexibility index (Phi) is 17.2. The summed E-state index contributed by atoms with van der Waals surface area (Å²) in [6.07, 6.45) is 16.2. The van der Waals surface area contributed by atoms with E-state index in [-0.39, 0.29) is 5.91 Å². The number of allylic oxidation sites excluding steroid dienone is 2. The zero-order chi connectivity index (χ0) is 28.3. The molecule has 2 rings (SSSR count). The van der Waals surface area contributed by atoms with E-state index in [9.17, 15) is 9.59 Å². The van der Waals surface area contributed by atoms with Crippen LogP contribution in [0.2, 0.25) is 0 Å². The maximum Gasteiger partial charge on any atom is 0.221 e. The third kappa shape index (κ3) is 16.8. The van der Waals surface area contributed by atoms with E-state index in [2.05, 4.69) is 33.6 Å². The van der Waals surface area contributed by atoms with Crippen LogP contribution in [0.25, 0.3) is 0 Å². The fourth-order valence-electron chi connectivity index (χ4n) is 5.92. The van der Waals surface area contributed by atoms with Gasteiger partial charge in [0.05, 0.1) is 0 Å². The number of nitrogens with zero attached hydrogens (tertiary/aromatic N) is 2. The molecule has 2 fully saturated rings. The number of ketones is 1. The van der Waals surface area contributed by atoms with E-state index in [0.717, 1.165) is 114 Å². The summed E-state index contributed by atoms with van der Waals surface area (Å²) in [5.41, 5.74) is 7.32. The van der Waals surface area contributed by atoms with Crippen molar-refractivity contribution in [3.8, 4) is 0 Å². The Morgan fingerprint density at radius 2 is 1.26 bits per heavy atom. The molecule has 2 heterocycles. The molecule has 39 heavy (non-hydrogen) atoms. The van der Waals surface area contributed by atoms with E-state index >= 15 is 0 Å². The Hall–Kier alpha value is -1.86. The van der Waals surface area contributed by atoms with Gasteiger partial charge in [-0.2, -0.15) is 0 Å². The molecule has 0 saturated carbocycles. The van der Waals surface area contributed by atoms with Crippen molar-refractivity contribution in [3.05, 3.63) is 24.6 Å². The quantitative estimate of drug-likeness (QED) is 0.176. The highest BCUT2D eigenvalue weighted by atomic mass is 16.1. The molecule has 7 heteroatoms. The van der Waals surface area contributed by atoms with Gasteiger partial charge in [0.2, 0.25) is 5.91 Å². The summed E-state index contributed by atoms with van der Waals surface area (Å²) >= 11 is 0. The molecular formula is C32H59N5O2. The average molecular weight is 546 g/mol. The number of carbonyl (C=O) groups is 2. The zero-order valence-electron chi connectivity index (χ0n) is 25.1. The lowest BCUT2D eigenvalue weighted by molar-refractivity contribution is -0.121. The van der Waals surface area contributed by atoms with Gasteiger partial charge in [-0.15, -0.1) is 0 Å². The number of hydrogen-bond acceptors (Lipinski definition) is 6. The van der Waals surface area contributed by atoms with Gasteiger partial charge in [-0.3, -0.25) is 9.59 Å². The zero-order valence-corrected chi connectivity index (χ0v) is 25.1. The number of carbonyl (C=O) groups excluding carboxylic acids is 2. The fourth-order valence-corrected chi connectivity index (χ4v) is 5.92. The molecule has 0 aliphatic carbocycles. The van der Waals surface area contributed by atoms with Crippen LogP contribution in [0.3, 0.4) is 0 Å². The van der Waals surface area contributed by atoms with Gasteiger partial charge in [0, 0.05) is 56.8 Å². The highest BCUT2D eigenvalue weighted by molar-refractivity contribution is 5.78. The van der Waals surface area contributed by atoms with Crippen LogP contribution in [0.1, 0.15) is 103 Å². The Labute approximate surface area is 239 Å². The van der Waals surface area contributed by atoms with Gasteiger partial charge in [-0.25, -0.2) is 0 Å². The van der Waals surface area contributed by atoms with Gasteiger partial charge in [0.1, 0.15) is 5.78 Å². The molecule has 224 valence electrons. The van der Waals surface area contributed by atoms with Crippen molar-refractivity contribution in [1.82, 2.24) is 20.4 Å². The maximum atomic E-state index is 12.2. The molecule has 2 aliphatic rings. The van der Waals surface area contributed by atoms with Gasteiger partial charge < -0.3 is 26.2 Å². The molecule has 7 nitrogen and oxygen atoms in total. The minimum absolute atomic E-state index is 0.173. The van der Waals surface area contributed by atoms with Gasteiger partial charge in [0.25, 0.3) is 0 Å². The molecule has 2 saturated heterocycles. The van der Waals surface area contributed by atoms with Crippen molar-refractivity contribution in [3.63, 3.8) is 0 Å². The summed E-state index contributed by atoms with van der Waals surface area (Å²) in [7, 11) is 0. The molecule has 4 N–H and O–H groups in total. The van der Waals surface area contributed by atoms with Crippen molar-refractivity contribution < 1.29 is 9.59 Å². The van der Waals surface area contributed by atoms with Crippen LogP contribution in [0.5, 0.6) is 0 Å². The minimum Gasteiger partial charge on any atom is -0.403 e. The number of amides is 1. The molecule has 0 atom stereocenters. The number of piperidine rings is 2. The van der Waals surface area contributed by atoms with E-state index < -0.39 is 0 Å². The molecule has 0 unspecified atom stereocenters. The minimum atomic E-state index is 0.173. The number of nitrogens with two attached hydrogens (primary N) is 1. The Morgan fingerprint density at radius 3 is 1.82 bits per heavy atom. The fraction of sp³-hybridized carbons (Fsp3) is 0.812. The lowest BCUT2D eigenvalue weighted by Gasteiger charge is -2.33. The summed E-state index contributed by atoms with van der Waals surface area (Å²) in [6, 6.07) is 0. The second-order valence-electron chi connectivity index (χ2n) is 12.2. The maximum absolute atomic E-state index is 12.2. The predicted molar refractivity (Wildman–Crippen MR) is 163 cm³/mol. The molecular weight excluding hydrogens is 486 g/mol. The molecule has 0 bridgehead atoms. The predicted octanol–water partition coefficient (Wildman–Crippen LogP) is 4.98. The lowest BCUT2D eigenvalue weighted by Crippen LogP contribution is -2.37. The van der Waals surface area contributed by atoms with Crippen LogP contribution in [0.15, 0.2) is 24.6 Å². The summed E-state index contributed by atoms with van der Waals surface area (Å²) in [5.74, 6) is 2.31. The van der Waals surface area contributed by atoms with Crippen molar-refractivity contribution in [1.29, 1.82) is 0 Å².